The third-order valence-corrected chi connectivity index (χ3v) is 3.73. The number of carbonyl (C=O) groups is 1. The number of benzene rings is 1. The molecule has 0 bridgehead atoms. The van der Waals surface area contributed by atoms with E-state index in [0.717, 1.165) is 5.56 Å². The Labute approximate surface area is 129 Å². The average Bonchev–Trinajstić information content (AvgIpc) is 2.86. The van der Waals surface area contributed by atoms with Crippen LogP contribution in [0.5, 0.6) is 0 Å². The summed E-state index contributed by atoms with van der Waals surface area (Å²) in [6, 6.07) is 7.51. The molecule has 0 saturated carbocycles. The van der Waals surface area contributed by atoms with Crippen LogP contribution >= 0.6 is 11.6 Å². The van der Waals surface area contributed by atoms with E-state index in [-0.39, 0.29) is 5.91 Å². The number of nitrogens with zero attached hydrogens (tertiary/aromatic N) is 3. The van der Waals surface area contributed by atoms with Crippen molar-refractivity contribution in [3.05, 3.63) is 46.7 Å². The van der Waals surface area contributed by atoms with Gasteiger partial charge in [0, 0.05) is 24.7 Å². The highest BCUT2D eigenvalue weighted by Crippen LogP contribution is 2.20. The summed E-state index contributed by atoms with van der Waals surface area (Å²) in [6.07, 6.45) is 1.51. The molecule has 112 valence electrons. The monoisotopic (exact) mass is 306 g/mol. The molecule has 0 aliphatic rings. The van der Waals surface area contributed by atoms with Crippen LogP contribution in [0.15, 0.2) is 30.5 Å². The first-order valence-corrected chi connectivity index (χ1v) is 7.30. The second-order valence-electron chi connectivity index (χ2n) is 4.68. The molecule has 6 heteroatoms. The molecule has 2 rings (SSSR count). The molecule has 0 atom stereocenters. The quantitative estimate of drug-likeness (QED) is 0.924. The Morgan fingerprint density at radius 1 is 1.38 bits per heavy atom. The summed E-state index contributed by atoms with van der Waals surface area (Å²) in [6.45, 7) is 5.47. The van der Waals surface area contributed by atoms with E-state index in [1.165, 1.54) is 6.20 Å². The summed E-state index contributed by atoms with van der Waals surface area (Å²) in [4.78, 5) is 14.4. The largest absolute Gasteiger partial charge is 0.396 e. The number of anilines is 1. The van der Waals surface area contributed by atoms with Crippen LogP contribution in [0.2, 0.25) is 5.02 Å². The van der Waals surface area contributed by atoms with E-state index in [4.69, 9.17) is 17.3 Å². The summed E-state index contributed by atoms with van der Waals surface area (Å²) in [7, 11) is 0. The Kier molecular flexibility index (Phi) is 4.85. The van der Waals surface area contributed by atoms with Gasteiger partial charge in [-0.2, -0.15) is 5.10 Å². The van der Waals surface area contributed by atoms with E-state index in [0.29, 0.717) is 36.0 Å². The maximum absolute atomic E-state index is 12.7. The summed E-state index contributed by atoms with van der Waals surface area (Å²) in [5, 5.41) is 4.77. The Morgan fingerprint density at radius 3 is 2.71 bits per heavy atom. The molecule has 0 aliphatic carbocycles. The molecule has 2 aromatic rings. The molecule has 1 amide bonds. The number of nitrogen functional groups attached to an aromatic ring is 1. The van der Waals surface area contributed by atoms with E-state index in [1.807, 2.05) is 38.1 Å². The summed E-state index contributed by atoms with van der Waals surface area (Å²) >= 11 is 6.16. The average molecular weight is 307 g/mol. The molecule has 2 N–H and O–H groups in total. The molecule has 0 radical (unpaired) electrons. The van der Waals surface area contributed by atoms with E-state index in [2.05, 4.69) is 5.10 Å². The Bertz CT molecular complexity index is 638. The van der Waals surface area contributed by atoms with Crippen LogP contribution in [0.1, 0.15) is 29.9 Å². The number of carbonyl (C=O) groups excluding carboxylic acids is 1. The zero-order valence-corrected chi connectivity index (χ0v) is 13.0. The van der Waals surface area contributed by atoms with E-state index in [1.54, 1.807) is 9.58 Å². The number of halogens is 1. The molecule has 21 heavy (non-hydrogen) atoms. The van der Waals surface area contributed by atoms with Crippen LogP contribution in [-0.4, -0.2) is 27.1 Å². The second-order valence-corrected chi connectivity index (χ2v) is 5.08. The lowest BCUT2D eigenvalue weighted by atomic mass is 10.2. The van der Waals surface area contributed by atoms with Crippen LogP contribution in [0, 0.1) is 0 Å². The highest BCUT2D eigenvalue weighted by Gasteiger charge is 2.22. The molecule has 1 aromatic heterocycles. The van der Waals surface area contributed by atoms with Crippen LogP contribution in [0.25, 0.3) is 0 Å². The van der Waals surface area contributed by atoms with Gasteiger partial charge in [-0.1, -0.05) is 29.8 Å². The molecule has 0 spiro atoms. The van der Waals surface area contributed by atoms with E-state index < -0.39 is 0 Å². The first-order chi connectivity index (χ1) is 10.1. The maximum Gasteiger partial charge on any atom is 0.274 e. The van der Waals surface area contributed by atoms with Crippen molar-refractivity contribution in [2.75, 3.05) is 12.3 Å². The molecule has 0 aliphatic heterocycles. The molecular formula is C15H19ClN4O. The van der Waals surface area contributed by atoms with Gasteiger partial charge in [0.2, 0.25) is 0 Å². The smallest absolute Gasteiger partial charge is 0.274 e. The fourth-order valence-electron chi connectivity index (χ4n) is 2.18. The predicted octanol–water partition coefficient (Wildman–Crippen LogP) is 2.80. The molecule has 1 heterocycles. The van der Waals surface area contributed by atoms with E-state index in [9.17, 15) is 4.79 Å². The fourth-order valence-corrected chi connectivity index (χ4v) is 2.38. The minimum absolute atomic E-state index is 0.130. The van der Waals surface area contributed by atoms with Gasteiger partial charge in [0.15, 0.2) is 0 Å². The van der Waals surface area contributed by atoms with Gasteiger partial charge in [0.05, 0.1) is 11.9 Å². The summed E-state index contributed by atoms with van der Waals surface area (Å²) in [5.74, 6) is -0.130. The zero-order valence-electron chi connectivity index (χ0n) is 12.2. The minimum atomic E-state index is -0.130. The molecule has 0 fully saturated rings. The number of amides is 1. The second kappa shape index (κ2) is 6.63. The van der Waals surface area contributed by atoms with Crippen LogP contribution < -0.4 is 5.73 Å². The lowest BCUT2D eigenvalue weighted by Crippen LogP contribution is -2.32. The molecular weight excluding hydrogens is 288 g/mol. The molecule has 1 aromatic carbocycles. The van der Waals surface area contributed by atoms with Gasteiger partial charge in [-0.3, -0.25) is 9.48 Å². The van der Waals surface area contributed by atoms with Gasteiger partial charge < -0.3 is 10.6 Å². The summed E-state index contributed by atoms with van der Waals surface area (Å²) < 4.78 is 1.62. The molecule has 0 saturated heterocycles. The van der Waals surface area contributed by atoms with Crippen molar-refractivity contribution in [2.24, 2.45) is 0 Å². The topological polar surface area (TPSA) is 64.2 Å². The third kappa shape index (κ3) is 3.19. The van der Waals surface area contributed by atoms with Crippen LogP contribution in [0.4, 0.5) is 5.69 Å². The van der Waals surface area contributed by atoms with Crippen molar-refractivity contribution in [1.29, 1.82) is 0 Å². The van der Waals surface area contributed by atoms with Crippen molar-refractivity contribution in [3.8, 4) is 0 Å². The number of hydrogen-bond donors (Lipinski definition) is 1. The van der Waals surface area contributed by atoms with Crippen molar-refractivity contribution in [1.82, 2.24) is 14.7 Å². The number of aryl methyl sites for hydroxylation is 1. The minimum Gasteiger partial charge on any atom is -0.396 e. The third-order valence-electron chi connectivity index (χ3n) is 3.36. The highest BCUT2D eigenvalue weighted by atomic mass is 35.5. The van der Waals surface area contributed by atoms with Gasteiger partial charge in [-0.15, -0.1) is 0 Å². The van der Waals surface area contributed by atoms with Crippen LogP contribution in [-0.2, 0) is 13.1 Å². The van der Waals surface area contributed by atoms with E-state index >= 15 is 0 Å². The number of rotatable bonds is 5. The van der Waals surface area contributed by atoms with Crippen molar-refractivity contribution in [3.63, 3.8) is 0 Å². The summed E-state index contributed by atoms with van der Waals surface area (Å²) in [5.41, 5.74) is 7.63. The van der Waals surface area contributed by atoms with Gasteiger partial charge >= 0.3 is 0 Å². The zero-order chi connectivity index (χ0) is 15.4. The fraction of sp³-hybridized carbons (Fsp3) is 0.333. The van der Waals surface area contributed by atoms with Gasteiger partial charge in [0.25, 0.3) is 5.91 Å². The molecule has 5 nitrogen and oxygen atoms in total. The first kappa shape index (κ1) is 15.4. The number of aromatic nitrogens is 2. The normalized spacial score (nSPS) is 10.6. The first-order valence-electron chi connectivity index (χ1n) is 6.92. The lowest BCUT2D eigenvalue weighted by molar-refractivity contribution is 0.0741. The number of nitrogens with two attached hydrogens (primary N) is 1. The lowest BCUT2D eigenvalue weighted by Gasteiger charge is -2.22. The van der Waals surface area contributed by atoms with Crippen molar-refractivity contribution >= 4 is 23.2 Å². The van der Waals surface area contributed by atoms with Crippen molar-refractivity contribution < 1.29 is 4.79 Å². The molecule has 0 unspecified atom stereocenters. The SMILES string of the molecule is CCN(Cc1ccccc1Cl)C(=O)c1c(N)cnn1CC. The standard InChI is InChI=1S/C15H19ClN4O/c1-3-19(10-11-7-5-6-8-12(11)16)15(21)14-13(17)9-18-20(14)4-2/h5-9H,3-4,10,17H2,1-2H3. The maximum atomic E-state index is 12.7. The Hall–Kier alpha value is -2.01. The Morgan fingerprint density at radius 2 is 2.10 bits per heavy atom. The van der Waals surface area contributed by atoms with Gasteiger partial charge in [-0.25, -0.2) is 0 Å². The van der Waals surface area contributed by atoms with Crippen LogP contribution in [0.3, 0.4) is 0 Å². The van der Waals surface area contributed by atoms with Gasteiger partial charge in [0.1, 0.15) is 5.69 Å². The predicted molar refractivity (Wildman–Crippen MR) is 84.2 cm³/mol. The highest BCUT2D eigenvalue weighted by molar-refractivity contribution is 6.31. The van der Waals surface area contributed by atoms with Crippen molar-refractivity contribution in [2.45, 2.75) is 26.9 Å². The number of hydrogen-bond acceptors (Lipinski definition) is 3. The van der Waals surface area contributed by atoms with Gasteiger partial charge in [-0.05, 0) is 25.5 Å². The Balaban J connectivity index is 2.27.